The second-order valence-corrected chi connectivity index (χ2v) is 5.95. The lowest BCUT2D eigenvalue weighted by Gasteiger charge is -2.02. The van der Waals surface area contributed by atoms with Crippen LogP contribution in [0.4, 0.5) is 9.52 Å². The molecule has 0 bridgehead atoms. The zero-order valence-corrected chi connectivity index (χ0v) is 13.5. The summed E-state index contributed by atoms with van der Waals surface area (Å²) >= 11 is 6.73. The van der Waals surface area contributed by atoms with Gasteiger partial charge < -0.3 is 10.2 Å². The van der Waals surface area contributed by atoms with E-state index >= 15 is 0 Å². The molecule has 0 aliphatic rings. The minimum absolute atomic E-state index is 0.0637. The molecule has 2 aromatic heterocycles. The molecule has 24 heavy (non-hydrogen) atoms. The van der Waals surface area contributed by atoms with E-state index in [1.165, 1.54) is 24.5 Å². The molecule has 122 valence electrons. The first-order valence-corrected chi connectivity index (χ1v) is 7.80. The molecule has 2 heterocycles. The number of nitrogens with zero attached hydrogens (tertiary/aromatic N) is 1. The van der Waals surface area contributed by atoms with Gasteiger partial charge in [0.25, 0.3) is 11.8 Å². The Balaban J connectivity index is 1.76. The largest absolute Gasteiger partial charge is 0.462 e. The fourth-order valence-corrected chi connectivity index (χ4v) is 2.66. The number of carbonyl (C=O) groups excluding carboxylic acids is 2. The molecule has 2 amide bonds. The fourth-order valence-electron chi connectivity index (χ4n) is 1.85. The number of nitrogens with one attached hydrogen (secondary N) is 1. The maximum Gasteiger partial charge on any atom is 0.257 e. The molecule has 0 aliphatic heterocycles. The smallest absolute Gasteiger partial charge is 0.257 e. The summed E-state index contributed by atoms with van der Waals surface area (Å²) in [5.41, 5.74) is 5.92. The predicted molar refractivity (Wildman–Crippen MR) is 87.7 cm³/mol. The quantitative estimate of drug-likeness (QED) is 0.738. The van der Waals surface area contributed by atoms with Gasteiger partial charge in [0, 0.05) is 10.9 Å². The minimum Gasteiger partial charge on any atom is -0.462 e. The summed E-state index contributed by atoms with van der Waals surface area (Å²) in [6.45, 7) is 0. The van der Waals surface area contributed by atoms with Crippen molar-refractivity contribution in [2.75, 3.05) is 5.32 Å². The number of furan rings is 1. The average Bonchev–Trinajstić information content (AvgIpc) is 3.18. The minimum atomic E-state index is -0.682. The Morgan fingerprint density at radius 3 is 2.75 bits per heavy atom. The van der Waals surface area contributed by atoms with Gasteiger partial charge in [0.1, 0.15) is 17.8 Å². The number of amides is 2. The molecule has 1 aromatic carbocycles. The molecule has 3 N–H and O–H groups in total. The summed E-state index contributed by atoms with van der Waals surface area (Å²) in [7, 11) is 0. The van der Waals surface area contributed by atoms with Crippen LogP contribution in [0.1, 0.15) is 20.7 Å². The Labute approximate surface area is 144 Å². The van der Waals surface area contributed by atoms with Crippen molar-refractivity contribution in [1.29, 1.82) is 0 Å². The third-order valence-electron chi connectivity index (χ3n) is 3.04. The molecule has 0 saturated carbocycles. The molecule has 0 aliphatic carbocycles. The van der Waals surface area contributed by atoms with Gasteiger partial charge in [0.15, 0.2) is 10.9 Å². The lowest BCUT2D eigenvalue weighted by molar-refractivity contribution is 0.0997. The summed E-state index contributed by atoms with van der Waals surface area (Å²) < 4.78 is 18.6. The third-order valence-corrected chi connectivity index (χ3v) is 4.11. The van der Waals surface area contributed by atoms with E-state index in [4.69, 9.17) is 21.8 Å². The number of rotatable bonds is 4. The topological polar surface area (TPSA) is 98.2 Å². The molecule has 0 radical (unpaired) electrons. The van der Waals surface area contributed by atoms with E-state index in [0.29, 0.717) is 16.6 Å². The van der Waals surface area contributed by atoms with Crippen molar-refractivity contribution in [3.05, 3.63) is 57.9 Å². The van der Waals surface area contributed by atoms with Gasteiger partial charge in [-0.25, -0.2) is 9.37 Å². The van der Waals surface area contributed by atoms with E-state index in [-0.39, 0.29) is 16.1 Å². The van der Waals surface area contributed by atoms with Crippen LogP contribution in [0.25, 0.3) is 11.5 Å². The summed E-state index contributed by atoms with van der Waals surface area (Å²) in [4.78, 5) is 27.3. The fraction of sp³-hybridized carbons (Fsp3) is 0. The number of carbonyl (C=O) groups is 2. The number of primary amides is 1. The van der Waals surface area contributed by atoms with Crippen molar-refractivity contribution in [2.24, 2.45) is 5.73 Å². The molecule has 9 heteroatoms. The van der Waals surface area contributed by atoms with Crippen molar-refractivity contribution in [3.8, 4) is 11.5 Å². The number of nitrogens with two attached hydrogens (primary N) is 1. The van der Waals surface area contributed by atoms with Gasteiger partial charge in [-0.2, -0.15) is 0 Å². The van der Waals surface area contributed by atoms with Crippen LogP contribution in [-0.2, 0) is 0 Å². The first-order chi connectivity index (χ1) is 11.4. The van der Waals surface area contributed by atoms with Crippen LogP contribution in [0, 0.1) is 5.82 Å². The molecule has 0 fully saturated rings. The number of thiazole rings is 1. The van der Waals surface area contributed by atoms with Crippen molar-refractivity contribution in [2.45, 2.75) is 0 Å². The normalized spacial score (nSPS) is 10.6. The number of halogens is 2. The Hall–Kier alpha value is -2.71. The number of hydrogen-bond donors (Lipinski definition) is 2. The predicted octanol–water partition coefficient (Wildman–Crippen LogP) is 3.55. The molecule has 0 spiro atoms. The van der Waals surface area contributed by atoms with Crippen molar-refractivity contribution >= 4 is 39.9 Å². The maximum atomic E-state index is 13.4. The Morgan fingerprint density at radius 2 is 2.08 bits per heavy atom. The molecule has 0 saturated heterocycles. The van der Waals surface area contributed by atoms with Crippen LogP contribution in [0.2, 0.25) is 5.02 Å². The summed E-state index contributed by atoms with van der Waals surface area (Å²) in [6, 6.07) is 5.20. The second kappa shape index (κ2) is 6.42. The molecular weight excluding hydrogens is 357 g/mol. The molecule has 0 unspecified atom stereocenters. The zero-order valence-electron chi connectivity index (χ0n) is 11.9. The summed E-state index contributed by atoms with van der Waals surface area (Å²) in [6.07, 6.45) is 1.23. The second-order valence-electron chi connectivity index (χ2n) is 4.68. The molecule has 3 rings (SSSR count). The van der Waals surface area contributed by atoms with E-state index in [1.54, 1.807) is 5.38 Å². The lowest BCUT2D eigenvalue weighted by Crippen LogP contribution is -2.11. The van der Waals surface area contributed by atoms with E-state index < -0.39 is 17.6 Å². The summed E-state index contributed by atoms with van der Waals surface area (Å²) in [5.74, 6) is -1.47. The highest BCUT2D eigenvalue weighted by atomic mass is 35.5. The van der Waals surface area contributed by atoms with Gasteiger partial charge in [0.05, 0.1) is 10.6 Å². The third kappa shape index (κ3) is 3.29. The Bertz CT molecular complexity index is 938. The van der Waals surface area contributed by atoms with Crippen molar-refractivity contribution in [1.82, 2.24) is 4.98 Å². The highest BCUT2D eigenvalue weighted by molar-refractivity contribution is 7.14. The summed E-state index contributed by atoms with van der Waals surface area (Å²) in [5, 5.41) is 4.42. The lowest BCUT2D eigenvalue weighted by atomic mass is 10.2. The van der Waals surface area contributed by atoms with E-state index in [0.717, 1.165) is 17.4 Å². The maximum absolute atomic E-state index is 13.4. The van der Waals surface area contributed by atoms with Gasteiger partial charge in [-0.15, -0.1) is 11.3 Å². The van der Waals surface area contributed by atoms with Gasteiger partial charge in [-0.3, -0.25) is 14.9 Å². The number of aromatic nitrogens is 1. The highest BCUT2D eigenvalue weighted by Gasteiger charge is 2.14. The standard InChI is InChI=1S/C15H9ClFN3O3S/c16-9-2-1-7(3-10(9)17)14(22)20-15-19-11(6-24-15)12-4-8(5-23-12)13(18)21/h1-6H,(H2,18,21)(H,19,20,22). The van der Waals surface area contributed by atoms with Gasteiger partial charge in [0.2, 0.25) is 0 Å². The average molecular weight is 366 g/mol. The Morgan fingerprint density at radius 1 is 1.29 bits per heavy atom. The molecule has 3 aromatic rings. The van der Waals surface area contributed by atoms with E-state index in [9.17, 15) is 14.0 Å². The first-order valence-electron chi connectivity index (χ1n) is 6.54. The van der Waals surface area contributed by atoms with Crippen LogP contribution in [0.5, 0.6) is 0 Å². The molecule has 0 atom stereocenters. The molecular formula is C15H9ClFN3O3S. The van der Waals surface area contributed by atoms with Gasteiger partial charge >= 0.3 is 0 Å². The Kier molecular flexibility index (Phi) is 4.32. The number of benzene rings is 1. The van der Waals surface area contributed by atoms with Crippen LogP contribution < -0.4 is 11.1 Å². The van der Waals surface area contributed by atoms with Gasteiger partial charge in [-0.05, 0) is 24.3 Å². The van der Waals surface area contributed by atoms with Crippen molar-refractivity contribution in [3.63, 3.8) is 0 Å². The van der Waals surface area contributed by atoms with Gasteiger partial charge in [-0.1, -0.05) is 11.6 Å². The first kappa shape index (κ1) is 16.2. The number of anilines is 1. The van der Waals surface area contributed by atoms with E-state index in [1.807, 2.05) is 0 Å². The van der Waals surface area contributed by atoms with Crippen LogP contribution in [0.15, 0.2) is 40.3 Å². The van der Waals surface area contributed by atoms with Crippen LogP contribution >= 0.6 is 22.9 Å². The van der Waals surface area contributed by atoms with E-state index in [2.05, 4.69) is 10.3 Å². The monoisotopic (exact) mass is 365 g/mol. The SMILES string of the molecule is NC(=O)c1coc(-c2csc(NC(=O)c3ccc(Cl)c(F)c3)n2)c1. The zero-order chi connectivity index (χ0) is 17.3. The highest BCUT2D eigenvalue weighted by Crippen LogP contribution is 2.27. The number of hydrogen-bond acceptors (Lipinski definition) is 5. The van der Waals surface area contributed by atoms with Crippen LogP contribution in [-0.4, -0.2) is 16.8 Å². The molecule has 6 nitrogen and oxygen atoms in total. The van der Waals surface area contributed by atoms with Crippen molar-refractivity contribution < 1.29 is 18.4 Å². The van der Waals surface area contributed by atoms with Crippen LogP contribution in [0.3, 0.4) is 0 Å².